The van der Waals surface area contributed by atoms with Gasteiger partial charge in [0.1, 0.15) is 12.1 Å². The number of ether oxygens (including phenoxy) is 1. The van der Waals surface area contributed by atoms with Gasteiger partial charge >= 0.3 is 5.97 Å². The van der Waals surface area contributed by atoms with Crippen molar-refractivity contribution in [1.29, 1.82) is 0 Å². The van der Waals surface area contributed by atoms with E-state index in [0.717, 1.165) is 24.3 Å². The van der Waals surface area contributed by atoms with Crippen molar-refractivity contribution in [3.05, 3.63) is 47.6 Å². The highest BCUT2D eigenvalue weighted by atomic mass is 16.5. The molecule has 3 saturated carbocycles. The number of guanidine groups is 1. The van der Waals surface area contributed by atoms with Gasteiger partial charge < -0.3 is 21.9 Å². The van der Waals surface area contributed by atoms with Crippen molar-refractivity contribution in [2.75, 3.05) is 6.54 Å². The van der Waals surface area contributed by atoms with Gasteiger partial charge in [0.2, 0.25) is 0 Å². The van der Waals surface area contributed by atoms with Crippen LogP contribution in [0.25, 0.3) is 0 Å². The molecule has 6 nitrogen and oxygen atoms in total. The topological polar surface area (TPSA) is 117 Å². The Hall–Kier alpha value is -2.34. The Labute approximate surface area is 243 Å². The van der Waals surface area contributed by atoms with Gasteiger partial charge in [-0.15, -0.1) is 0 Å². The molecule has 3 aliphatic rings. The van der Waals surface area contributed by atoms with E-state index < -0.39 is 6.04 Å². The van der Waals surface area contributed by atoms with Gasteiger partial charge in [0, 0.05) is 13.0 Å². The summed E-state index contributed by atoms with van der Waals surface area (Å²) >= 11 is 0. The average molecular weight is 553 g/mol. The highest BCUT2D eigenvalue weighted by Gasteiger charge is 2.50. The largest absolute Gasteiger partial charge is 0.461 e. The molecule has 0 heterocycles. The van der Waals surface area contributed by atoms with Crippen molar-refractivity contribution in [3.63, 3.8) is 0 Å². The van der Waals surface area contributed by atoms with E-state index in [2.05, 4.69) is 70.5 Å². The number of nitrogens with two attached hydrogens (primary N) is 3. The van der Waals surface area contributed by atoms with Crippen LogP contribution in [0.1, 0.15) is 98.8 Å². The summed E-state index contributed by atoms with van der Waals surface area (Å²) in [6.07, 6.45) is 19.3. The standard InChI is InChI=1S/C34H56N4O2/c1-22(2)23(3)11-12-25(5)29-17-18-30-26(9-7-19-34(29,30)6)14-15-27-21-28(16-13-24(27)4)40-32(39)31(35)10-8-20-38-33(36)37/h11-12,14-15,22-23,25,28-31H,4,7-10,13,16-21,35H2,1-3,5-6H3,(H4,36,37,38)/t23-,25+,28-,29+,30-,31+,34+/m0/s1. The second kappa shape index (κ2) is 14.5. The Balaban J connectivity index is 1.62. The summed E-state index contributed by atoms with van der Waals surface area (Å²) < 4.78 is 5.82. The van der Waals surface area contributed by atoms with Gasteiger partial charge in [0.25, 0.3) is 0 Å². The van der Waals surface area contributed by atoms with E-state index >= 15 is 0 Å². The molecule has 6 heteroatoms. The summed E-state index contributed by atoms with van der Waals surface area (Å²) in [5, 5.41) is 0. The quantitative estimate of drug-likeness (QED) is 0.0881. The minimum atomic E-state index is -0.657. The first kappa shape index (κ1) is 32.2. The molecule has 3 rings (SSSR count). The summed E-state index contributed by atoms with van der Waals surface area (Å²) in [5.41, 5.74) is 21.1. The molecular formula is C34H56N4O2. The van der Waals surface area contributed by atoms with Crippen LogP contribution in [0, 0.1) is 35.0 Å². The molecule has 0 bridgehead atoms. The molecule has 3 aliphatic carbocycles. The molecule has 0 amide bonds. The molecule has 0 spiro atoms. The molecule has 3 fully saturated rings. The molecule has 0 aliphatic heterocycles. The first-order valence-electron chi connectivity index (χ1n) is 15.7. The zero-order chi connectivity index (χ0) is 29.4. The first-order valence-corrected chi connectivity index (χ1v) is 15.7. The lowest BCUT2D eigenvalue weighted by Gasteiger charge is -2.44. The third-order valence-corrected chi connectivity index (χ3v) is 10.2. The highest BCUT2D eigenvalue weighted by molar-refractivity contribution is 5.76. The zero-order valence-electron chi connectivity index (χ0n) is 25.8. The maximum Gasteiger partial charge on any atom is 0.323 e. The van der Waals surface area contributed by atoms with Gasteiger partial charge in [-0.1, -0.05) is 76.6 Å². The predicted molar refractivity (Wildman–Crippen MR) is 167 cm³/mol. The van der Waals surface area contributed by atoms with Crippen LogP contribution in [0.5, 0.6) is 0 Å². The Morgan fingerprint density at radius 2 is 1.88 bits per heavy atom. The Morgan fingerprint density at radius 1 is 1.12 bits per heavy atom. The number of rotatable bonds is 11. The number of aliphatic imine (C=N–C) groups is 1. The third kappa shape index (κ3) is 8.34. The fraction of sp³-hybridized carbons (Fsp3) is 0.706. The third-order valence-electron chi connectivity index (χ3n) is 10.2. The van der Waals surface area contributed by atoms with Crippen LogP contribution >= 0.6 is 0 Å². The Kier molecular flexibility index (Phi) is 11.7. The number of nitrogens with zero attached hydrogens (tertiary/aromatic N) is 1. The van der Waals surface area contributed by atoms with Gasteiger partial charge in [-0.2, -0.15) is 0 Å². The molecule has 0 aromatic carbocycles. The summed E-state index contributed by atoms with van der Waals surface area (Å²) in [6.45, 7) is 16.7. The number of hydrogen-bond donors (Lipinski definition) is 3. The van der Waals surface area contributed by atoms with Crippen LogP contribution in [0.4, 0.5) is 0 Å². The average Bonchev–Trinajstić information content (AvgIpc) is 3.26. The van der Waals surface area contributed by atoms with Crippen molar-refractivity contribution in [2.24, 2.45) is 57.2 Å². The van der Waals surface area contributed by atoms with Crippen molar-refractivity contribution < 1.29 is 9.53 Å². The molecule has 7 atom stereocenters. The maximum atomic E-state index is 12.6. The first-order chi connectivity index (χ1) is 18.9. The van der Waals surface area contributed by atoms with E-state index in [4.69, 9.17) is 21.9 Å². The van der Waals surface area contributed by atoms with E-state index in [9.17, 15) is 4.79 Å². The van der Waals surface area contributed by atoms with Gasteiger partial charge in [0.05, 0.1) is 0 Å². The van der Waals surface area contributed by atoms with E-state index in [1.807, 2.05) is 0 Å². The molecule has 40 heavy (non-hydrogen) atoms. The molecule has 0 aromatic heterocycles. The fourth-order valence-corrected chi connectivity index (χ4v) is 7.22. The van der Waals surface area contributed by atoms with Crippen LogP contribution in [-0.2, 0) is 9.53 Å². The lowest BCUT2D eigenvalue weighted by atomic mass is 9.61. The number of esters is 1. The van der Waals surface area contributed by atoms with Crippen molar-refractivity contribution in [2.45, 2.75) is 111 Å². The number of hydrogen-bond acceptors (Lipinski definition) is 4. The minimum absolute atomic E-state index is 0.0527. The van der Waals surface area contributed by atoms with Gasteiger partial charge in [-0.3, -0.25) is 9.79 Å². The lowest BCUT2D eigenvalue weighted by molar-refractivity contribution is -0.151. The van der Waals surface area contributed by atoms with Crippen molar-refractivity contribution in [3.8, 4) is 0 Å². The highest BCUT2D eigenvalue weighted by Crippen LogP contribution is 2.59. The van der Waals surface area contributed by atoms with Gasteiger partial charge in [0.15, 0.2) is 5.96 Å². The van der Waals surface area contributed by atoms with E-state index in [1.165, 1.54) is 37.7 Å². The minimum Gasteiger partial charge on any atom is -0.461 e. The van der Waals surface area contributed by atoms with Crippen LogP contribution < -0.4 is 17.2 Å². The molecule has 0 aromatic rings. The van der Waals surface area contributed by atoms with Crippen molar-refractivity contribution >= 4 is 11.9 Å². The molecule has 6 N–H and O–H groups in total. The number of carbonyl (C=O) groups is 1. The summed E-state index contributed by atoms with van der Waals surface area (Å²) in [7, 11) is 0. The maximum absolute atomic E-state index is 12.6. The lowest BCUT2D eigenvalue weighted by Crippen LogP contribution is -2.36. The number of carbonyl (C=O) groups excluding carboxylic acids is 1. The molecule has 224 valence electrons. The van der Waals surface area contributed by atoms with Gasteiger partial charge in [-0.05, 0) is 98.4 Å². The second-order valence-electron chi connectivity index (χ2n) is 13.3. The number of fused-ring (bicyclic) bond motifs is 1. The molecule has 0 saturated heterocycles. The van der Waals surface area contributed by atoms with E-state index in [0.29, 0.717) is 54.9 Å². The fourth-order valence-electron chi connectivity index (χ4n) is 7.22. The monoisotopic (exact) mass is 552 g/mol. The predicted octanol–water partition coefficient (Wildman–Crippen LogP) is 6.57. The Bertz CT molecular complexity index is 1010. The number of allylic oxidation sites excluding steroid dienone is 6. The van der Waals surface area contributed by atoms with Crippen LogP contribution in [0.2, 0.25) is 0 Å². The van der Waals surface area contributed by atoms with Crippen LogP contribution in [0.3, 0.4) is 0 Å². The summed E-state index contributed by atoms with van der Waals surface area (Å²) in [6, 6.07) is -0.657. The SMILES string of the molecule is C=C1CC[C@H](OC(=O)[C@H](N)CCCN=C(N)N)CC1=CC=C1CCC[C@]2(C)[C@@H]([C@H](C)C=C[C@H](C)C(C)C)CC[C@@H]12. The Morgan fingerprint density at radius 3 is 2.58 bits per heavy atom. The van der Waals surface area contributed by atoms with Crippen molar-refractivity contribution in [1.82, 2.24) is 0 Å². The van der Waals surface area contributed by atoms with E-state index in [1.54, 1.807) is 5.57 Å². The van der Waals surface area contributed by atoms with E-state index in [-0.39, 0.29) is 18.0 Å². The second-order valence-corrected chi connectivity index (χ2v) is 13.3. The van der Waals surface area contributed by atoms with Crippen LogP contribution in [0.15, 0.2) is 52.6 Å². The van der Waals surface area contributed by atoms with Gasteiger partial charge in [-0.25, -0.2) is 0 Å². The normalized spacial score (nSPS) is 31.4. The summed E-state index contributed by atoms with van der Waals surface area (Å²) in [4.78, 5) is 16.5. The van der Waals surface area contributed by atoms with Crippen LogP contribution in [-0.4, -0.2) is 30.6 Å². The molecule has 0 unspecified atom stereocenters. The summed E-state index contributed by atoms with van der Waals surface area (Å²) in [5.74, 6) is 3.02. The zero-order valence-corrected chi connectivity index (χ0v) is 25.8. The molecular weight excluding hydrogens is 496 g/mol. The molecule has 0 radical (unpaired) electrons. The smallest absolute Gasteiger partial charge is 0.323 e.